The molecule has 0 aromatic heterocycles. The molecule has 1 aliphatic heterocycles. The molecule has 1 heterocycles. The van der Waals surface area contributed by atoms with Gasteiger partial charge in [0.15, 0.2) is 0 Å². The molecule has 1 saturated heterocycles. The van der Waals surface area contributed by atoms with Crippen molar-refractivity contribution in [2.24, 2.45) is 5.41 Å². The van der Waals surface area contributed by atoms with E-state index in [1.807, 2.05) is 0 Å². The van der Waals surface area contributed by atoms with Crippen molar-refractivity contribution in [2.75, 3.05) is 19.6 Å². The Morgan fingerprint density at radius 3 is 2.60 bits per heavy atom. The van der Waals surface area contributed by atoms with E-state index < -0.39 is 23.0 Å². The number of hydrogen-bond acceptors (Lipinski definition) is 3. The normalized spacial score (nSPS) is 20.8. The minimum absolute atomic E-state index is 0.0336. The zero-order valence-corrected chi connectivity index (χ0v) is 12.4. The number of aliphatic carboxylic acids is 1. The van der Waals surface area contributed by atoms with Crippen LogP contribution in [0.4, 0.5) is 4.79 Å². The summed E-state index contributed by atoms with van der Waals surface area (Å²) in [6, 6.07) is -0.411. The number of carboxylic acid groups (broad SMARTS) is 1. The van der Waals surface area contributed by atoms with E-state index in [9.17, 15) is 19.5 Å². The number of rotatable bonds is 4. The second-order valence-corrected chi connectivity index (χ2v) is 5.84. The first kappa shape index (κ1) is 16.3. The number of carbonyl (C=O) groups excluding carboxylic acids is 2. The number of hydrogen-bond donors (Lipinski definition) is 3. The van der Waals surface area contributed by atoms with Crippen molar-refractivity contribution in [3.8, 4) is 0 Å². The smallest absolute Gasteiger partial charge is 0.318 e. The quantitative estimate of drug-likeness (QED) is 0.696. The lowest BCUT2D eigenvalue weighted by Gasteiger charge is -2.41. The summed E-state index contributed by atoms with van der Waals surface area (Å²) in [4.78, 5) is 36.6. The first-order valence-electron chi connectivity index (χ1n) is 6.72. The average Bonchev–Trinajstić information content (AvgIpc) is 2.38. The highest BCUT2D eigenvalue weighted by Gasteiger charge is 2.41. The number of piperazine rings is 1. The van der Waals surface area contributed by atoms with Crippen LogP contribution in [-0.4, -0.2) is 53.1 Å². The highest BCUT2D eigenvalue weighted by molar-refractivity contribution is 5.91. The molecular weight excluding hydrogens is 262 g/mol. The largest absolute Gasteiger partial charge is 0.481 e. The number of carboxylic acids is 1. The van der Waals surface area contributed by atoms with E-state index in [4.69, 9.17) is 0 Å². The molecule has 0 spiro atoms. The fourth-order valence-electron chi connectivity index (χ4n) is 1.97. The van der Waals surface area contributed by atoms with Crippen molar-refractivity contribution >= 4 is 17.9 Å². The average molecular weight is 285 g/mol. The fraction of sp³-hybridized carbons (Fsp3) is 0.769. The Hall–Kier alpha value is -1.79. The van der Waals surface area contributed by atoms with Gasteiger partial charge in [0.05, 0.1) is 5.41 Å². The van der Waals surface area contributed by atoms with Crippen LogP contribution in [0, 0.1) is 5.41 Å². The van der Waals surface area contributed by atoms with Crippen molar-refractivity contribution < 1.29 is 19.5 Å². The molecule has 114 valence electrons. The van der Waals surface area contributed by atoms with Crippen LogP contribution in [0.3, 0.4) is 0 Å². The van der Waals surface area contributed by atoms with E-state index >= 15 is 0 Å². The summed E-state index contributed by atoms with van der Waals surface area (Å²) >= 11 is 0. The van der Waals surface area contributed by atoms with E-state index in [1.54, 1.807) is 27.7 Å². The van der Waals surface area contributed by atoms with Crippen molar-refractivity contribution in [3.05, 3.63) is 0 Å². The Morgan fingerprint density at radius 2 is 2.10 bits per heavy atom. The van der Waals surface area contributed by atoms with Gasteiger partial charge >= 0.3 is 12.0 Å². The van der Waals surface area contributed by atoms with E-state index in [1.165, 1.54) is 4.90 Å². The molecule has 1 aliphatic rings. The number of nitrogens with zero attached hydrogens (tertiary/aromatic N) is 1. The summed E-state index contributed by atoms with van der Waals surface area (Å²) in [6.45, 7) is 7.52. The molecule has 1 fully saturated rings. The Balaban J connectivity index is 2.72. The molecule has 3 N–H and O–H groups in total. The highest BCUT2D eigenvalue weighted by Crippen LogP contribution is 2.21. The molecular formula is C13H23N3O4. The number of amides is 3. The van der Waals surface area contributed by atoms with Crippen molar-refractivity contribution in [3.63, 3.8) is 0 Å². The minimum atomic E-state index is -1.00. The summed E-state index contributed by atoms with van der Waals surface area (Å²) in [5.41, 5.74) is -1.94. The summed E-state index contributed by atoms with van der Waals surface area (Å²) in [5.74, 6) is -1.16. The maximum atomic E-state index is 12.2. The summed E-state index contributed by atoms with van der Waals surface area (Å²) in [7, 11) is 0. The van der Waals surface area contributed by atoms with Gasteiger partial charge in [-0.15, -0.1) is 0 Å². The van der Waals surface area contributed by atoms with Crippen molar-refractivity contribution in [2.45, 2.75) is 39.7 Å². The molecule has 1 unspecified atom stereocenters. The Bertz CT molecular complexity index is 422. The van der Waals surface area contributed by atoms with E-state index in [2.05, 4.69) is 10.6 Å². The van der Waals surface area contributed by atoms with E-state index in [0.717, 1.165) is 0 Å². The molecule has 1 atom stereocenters. The van der Waals surface area contributed by atoms with Crippen molar-refractivity contribution in [1.82, 2.24) is 15.5 Å². The SMILES string of the molecule is CCC(C)(CNC(=O)N1CCNC(=O)C1(C)C)C(=O)O. The maximum Gasteiger partial charge on any atom is 0.318 e. The van der Waals surface area contributed by atoms with Gasteiger partial charge in [-0.1, -0.05) is 6.92 Å². The Labute approximate surface area is 118 Å². The molecule has 1 rings (SSSR count). The van der Waals surface area contributed by atoms with Gasteiger partial charge in [-0.3, -0.25) is 9.59 Å². The van der Waals surface area contributed by atoms with Crippen LogP contribution in [0.5, 0.6) is 0 Å². The summed E-state index contributed by atoms with van der Waals surface area (Å²) in [6.07, 6.45) is 0.409. The van der Waals surface area contributed by atoms with E-state index in [-0.39, 0.29) is 12.5 Å². The van der Waals surface area contributed by atoms with Crippen LogP contribution in [0.1, 0.15) is 34.1 Å². The maximum absolute atomic E-state index is 12.2. The third kappa shape index (κ3) is 3.02. The van der Waals surface area contributed by atoms with Crippen LogP contribution in [0.15, 0.2) is 0 Å². The predicted molar refractivity (Wildman–Crippen MR) is 73.2 cm³/mol. The first-order valence-corrected chi connectivity index (χ1v) is 6.72. The molecule has 7 heteroatoms. The number of urea groups is 1. The minimum Gasteiger partial charge on any atom is -0.481 e. The molecule has 0 bridgehead atoms. The van der Waals surface area contributed by atoms with Gasteiger partial charge in [0.1, 0.15) is 5.54 Å². The molecule has 0 saturated carbocycles. The molecule has 0 radical (unpaired) electrons. The predicted octanol–water partition coefficient (Wildman–Crippen LogP) is 0.407. The van der Waals surface area contributed by atoms with Gasteiger partial charge in [-0.05, 0) is 27.2 Å². The second-order valence-electron chi connectivity index (χ2n) is 5.84. The van der Waals surface area contributed by atoms with Gasteiger partial charge in [0.2, 0.25) is 5.91 Å². The fourth-order valence-corrected chi connectivity index (χ4v) is 1.97. The molecule has 3 amide bonds. The molecule has 0 aliphatic carbocycles. The standard InChI is InChI=1S/C13H23N3O4/c1-5-13(4,10(18)19)8-15-11(20)16-7-6-14-9(17)12(16,2)3/h5-8H2,1-4H3,(H,14,17)(H,15,20)(H,18,19). The third-order valence-corrected chi connectivity index (χ3v) is 4.02. The molecule has 0 aromatic carbocycles. The van der Waals surface area contributed by atoms with Crippen LogP contribution < -0.4 is 10.6 Å². The Morgan fingerprint density at radius 1 is 1.50 bits per heavy atom. The molecule has 20 heavy (non-hydrogen) atoms. The van der Waals surface area contributed by atoms with Gasteiger partial charge in [0.25, 0.3) is 0 Å². The molecule has 7 nitrogen and oxygen atoms in total. The summed E-state index contributed by atoms with van der Waals surface area (Å²) in [5, 5.41) is 14.5. The van der Waals surface area contributed by atoms with E-state index in [0.29, 0.717) is 19.5 Å². The number of carbonyl (C=O) groups is 3. The third-order valence-electron chi connectivity index (χ3n) is 4.02. The van der Waals surface area contributed by atoms with Crippen molar-refractivity contribution in [1.29, 1.82) is 0 Å². The van der Waals surface area contributed by atoms with Crippen LogP contribution >= 0.6 is 0 Å². The summed E-state index contributed by atoms with van der Waals surface area (Å²) < 4.78 is 0. The van der Waals surface area contributed by atoms with Crippen LogP contribution in [0.25, 0.3) is 0 Å². The van der Waals surface area contributed by atoms with Crippen LogP contribution in [-0.2, 0) is 9.59 Å². The van der Waals surface area contributed by atoms with Gasteiger partial charge < -0.3 is 20.6 Å². The second kappa shape index (κ2) is 5.68. The zero-order valence-electron chi connectivity index (χ0n) is 12.4. The lowest BCUT2D eigenvalue weighted by Crippen LogP contribution is -2.65. The lowest BCUT2D eigenvalue weighted by atomic mass is 9.88. The lowest BCUT2D eigenvalue weighted by molar-refractivity contribution is -0.147. The molecule has 0 aromatic rings. The topological polar surface area (TPSA) is 98.7 Å². The van der Waals surface area contributed by atoms with Gasteiger partial charge in [0, 0.05) is 19.6 Å². The van der Waals surface area contributed by atoms with Gasteiger partial charge in [-0.2, -0.15) is 0 Å². The highest BCUT2D eigenvalue weighted by atomic mass is 16.4. The zero-order chi connectivity index (χ0) is 15.6. The number of nitrogens with one attached hydrogen (secondary N) is 2. The van der Waals surface area contributed by atoms with Crippen LogP contribution in [0.2, 0.25) is 0 Å². The first-order chi connectivity index (χ1) is 9.15. The Kier molecular flexibility index (Phi) is 4.62. The van der Waals surface area contributed by atoms with Gasteiger partial charge in [-0.25, -0.2) is 4.79 Å². The monoisotopic (exact) mass is 285 g/mol.